The van der Waals surface area contributed by atoms with Crippen molar-refractivity contribution in [1.82, 2.24) is 10.2 Å². The number of likely N-dealkylation sites (tertiary alicyclic amines) is 1. The zero-order chi connectivity index (χ0) is 16.0. The van der Waals surface area contributed by atoms with Gasteiger partial charge in [-0.3, -0.25) is 14.5 Å². The Morgan fingerprint density at radius 3 is 2.29 bits per heavy atom. The summed E-state index contributed by atoms with van der Waals surface area (Å²) >= 11 is 0. The average Bonchev–Trinajstić information content (AvgIpc) is 2.67. The molecule has 0 saturated carbocycles. The van der Waals surface area contributed by atoms with Crippen LogP contribution in [0, 0.1) is 5.92 Å². The number of nitrogens with one attached hydrogen (secondary N) is 1. The van der Waals surface area contributed by atoms with Gasteiger partial charge in [-0.05, 0) is 32.1 Å². The summed E-state index contributed by atoms with van der Waals surface area (Å²) in [6, 6.07) is 0.0346. The van der Waals surface area contributed by atoms with E-state index in [4.69, 9.17) is 0 Å². The van der Waals surface area contributed by atoms with Crippen LogP contribution in [0.3, 0.4) is 0 Å². The van der Waals surface area contributed by atoms with Crippen molar-refractivity contribution in [3.63, 3.8) is 0 Å². The first-order chi connectivity index (χ1) is 9.90. The number of imide groups is 1. The maximum absolute atomic E-state index is 12.4. The van der Waals surface area contributed by atoms with E-state index in [-0.39, 0.29) is 29.9 Å². The molecule has 1 heterocycles. The van der Waals surface area contributed by atoms with Crippen molar-refractivity contribution in [2.75, 3.05) is 0 Å². The number of nitrogens with zero attached hydrogens (tertiary/aromatic N) is 1. The zero-order valence-corrected chi connectivity index (χ0v) is 14.3. The number of rotatable bonds is 9. The molecular weight excluding hydrogens is 264 g/mol. The molecular formula is C17H32N2O2. The summed E-state index contributed by atoms with van der Waals surface area (Å²) in [5, 5.41) is 3.35. The normalized spacial score (nSPS) is 20.9. The van der Waals surface area contributed by atoms with Crippen LogP contribution in [-0.2, 0) is 9.59 Å². The van der Waals surface area contributed by atoms with Crippen LogP contribution in [0.2, 0.25) is 0 Å². The first-order valence-electron chi connectivity index (χ1n) is 8.52. The maximum atomic E-state index is 12.4. The van der Waals surface area contributed by atoms with Gasteiger partial charge in [-0.15, -0.1) is 0 Å². The lowest BCUT2D eigenvalue weighted by Crippen LogP contribution is -2.45. The standard InChI is InChI=1S/C17H32N2O2/c1-6-14(7-2)19-16(20)11-15(17(19)21)18-13(5)10-8-9-12(3)4/h12-15,18H,6-11H2,1-5H3. The quantitative estimate of drug-likeness (QED) is 0.665. The highest BCUT2D eigenvalue weighted by molar-refractivity contribution is 6.05. The van der Waals surface area contributed by atoms with E-state index in [2.05, 4.69) is 26.1 Å². The highest BCUT2D eigenvalue weighted by Crippen LogP contribution is 2.21. The molecule has 1 aliphatic rings. The summed E-state index contributed by atoms with van der Waals surface area (Å²) in [5.41, 5.74) is 0. The third kappa shape index (κ3) is 5.10. The molecule has 0 bridgehead atoms. The van der Waals surface area contributed by atoms with Crippen molar-refractivity contribution in [2.45, 2.75) is 91.3 Å². The smallest absolute Gasteiger partial charge is 0.247 e. The molecule has 0 radical (unpaired) electrons. The summed E-state index contributed by atoms with van der Waals surface area (Å²) in [5.74, 6) is 0.683. The number of carbonyl (C=O) groups excluding carboxylic acids is 2. The van der Waals surface area contributed by atoms with Crippen LogP contribution in [0.5, 0.6) is 0 Å². The molecule has 1 saturated heterocycles. The van der Waals surface area contributed by atoms with E-state index in [9.17, 15) is 9.59 Å². The fourth-order valence-corrected chi connectivity index (χ4v) is 3.08. The minimum Gasteiger partial charge on any atom is -0.303 e. The first kappa shape index (κ1) is 18.1. The molecule has 2 atom stereocenters. The second-order valence-corrected chi connectivity index (χ2v) is 6.72. The predicted molar refractivity (Wildman–Crippen MR) is 85.9 cm³/mol. The minimum absolute atomic E-state index is 0.0134. The fraction of sp³-hybridized carbons (Fsp3) is 0.882. The Morgan fingerprint density at radius 1 is 1.14 bits per heavy atom. The molecule has 1 rings (SSSR count). The Kier molecular flexibility index (Phi) is 7.36. The minimum atomic E-state index is -0.313. The third-order valence-corrected chi connectivity index (χ3v) is 4.39. The maximum Gasteiger partial charge on any atom is 0.247 e. The van der Waals surface area contributed by atoms with E-state index in [1.54, 1.807) is 0 Å². The number of carbonyl (C=O) groups is 2. The summed E-state index contributed by atoms with van der Waals surface area (Å²) in [6.07, 6.45) is 5.43. The van der Waals surface area contributed by atoms with E-state index in [0.29, 0.717) is 6.42 Å². The van der Waals surface area contributed by atoms with Gasteiger partial charge in [-0.2, -0.15) is 0 Å². The second-order valence-electron chi connectivity index (χ2n) is 6.72. The van der Waals surface area contributed by atoms with Gasteiger partial charge < -0.3 is 5.32 Å². The average molecular weight is 296 g/mol. The predicted octanol–water partition coefficient (Wildman–Crippen LogP) is 3.11. The Bertz CT molecular complexity index is 351. The molecule has 0 aromatic carbocycles. The summed E-state index contributed by atoms with van der Waals surface area (Å²) in [4.78, 5) is 26.0. The molecule has 1 aliphatic heterocycles. The monoisotopic (exact) mass is 296 g/mol. The second kappa shape index (κ2) is 8.52. The van der Waals surface area contributed by atoms with E-state index in [0.717, 1.165) is 31.6 Å². The van der Waals surface area contributed by atoms with Gasteiger partial charge in [0.15, 0.2) is 0 Å². The van der Waals surface area contributed by atoms with Gasteiger partial charge in [0.25, 0.3) is 0 Å². The van der Waals surface area contributed by atoms with Gasteiger partial charge in [0, 0.05) is 12.1 Å². The molecule has 0 spiro atoms. The molecule has 2 unspecified atom stereocenters. The van der Waals surface area contributed by atoms with Crippen LogP contribution in [0.15, 0.2) is 0 Å². The molecule has 21 heavy (non-hydrogen) atoms. The van der Waals surface area contributed by atoms with E-state index in [1.165, 1.54) is 11.3 Å². The van der Waals surface area contributed by atoms with Gasteiger partial charge in [0.2, 0.25) is 11.8 Å². The summed E-state index contributed by atoms with van der Waals surface area (Å²) < 4.78 is 0. The SMILES string of the molecule is CCC(CC)N1C(=O)CC(NC(C)CCCC(C)C)C1=O. The van der Waals surface area contributed by atoms with Gasteiger partial charge >= 0.3 is 0 Å². The van der Waals surface area contributed by atoms with Gasteiger partial charge in [0.05, 0.1) is 12.5 Å². The molecule has 0 aromatic heterocycles. The van der Waals surface area contributed by atoms with Crippen molar-refractivity contribution in [3.8, 4) is 0 Å². The molecule has 0 aromatic rings. The van der Waals surface area contributed by atoms with E-state index < -0.39 is 0 Å². The lowest BCUT2D eigenvalue weighted by molar-refractivity contribution is -0.141. The molecule has 1 N–H and O–H groups in total. The molecule has 4 heteroatoms. The van der Waals surface area contributed by atoms with Crippen molar-refractivity contribution in [1.29, 1.82) is 0 Å². The number of hydrogen-bond acceptors (Lipinski definition) is 3. The summed E-state index contributed by atoms with van der Waals surface area (Å²) in [6.45, 7) is 10.6. The molecule has 1 fully saturated rings. The van der Waals surface area contributed by atoms with Crippen molar-refractivity contribution < 1.29 is 9.59 Å². The Labute approximate surface area is 129 Å². The van der Waals surface area contributed by atoms with Crippen molar-refractivity contribution in [3.05, 3.63) is 0 Å². The number of hydrogen-bond donors (Lipinski definition) is 1. The summed E-state index contributed by atoms with van der Waals surface area (Å²) in [7, 11) is 0. The van der Waals surface area contributed by atoms with Crippen LogP contribution in [0.4, 0.5) is 0 Å². The van der Waals surface area contributed by atoms with Crippen LogP contribution >= 0.6 is 0 Å². The molecule has 4 nitrogen and oxygen atoms in total. The third-order valence-electron chi connectivity index (χ3n) is 4.39. The van der Waals surface area contributed by atoms with Crippen molar-refractivity contribution in [2.24, 2.45) is 5.92 Å². The number of amides is 2. The van der Waals surface area contributed by atoms with Gasteiger partial charge in [-0.1, -0.05) is 40.5 Å². The first-order valence-corrected chi connectivity index (χ1v) is 8.52. The largest absolute Gasteiger partial charge is 0.303 e. The Balaban J connectivity index is 2.50. The van der Waals surface area contributed by atoms with Gasteiger partial charge in [-0.25, -0.2) is 0 Å². The van der Waals surface area contributed by atoms with E-state index in [1.807, 2.05) is 13.8 Å². The van der Waals surface area contributed by atoms with Gasteiger partial charge in [0.1, 0.15) is 0 Å². The highest BCUT2D eigenvalue weighted by atomic mass is 16.2. The Morgan fingerprint density at radius 2 is 1.76 bits per heavy atom. The zero-order valence-electron chi connectivity index (χ0n) is 14.3. The van der Waals surface area contributed by atoms with Crippen molar-refractivity contribution >= 4 is 11.8 Å². The Hall–Kier alpha value is -0.900. The fourth-order valence-electron chi connectivity index (χ4n) is 3.08. The highest BCUT2D eigenvalue weighted by Gasteiger charge is 2.41. The van der Waals surface area contributed by atoms with Crippen LogP contribution in [0.25, 0.3) is 0 Å². The lowest BCUT2D eigenvalue weighted by atomic mass is 10.0. The topological polar surface area (TPSA) is 49.4 Å². The van der Waals surface area contributed by atoms with Crippen LogP contribution in [0.1, 0.15) is 73.1 Å². The molecule has 2 amide bonds. The van der Waals surface area contributed by atoms with Crippen LogP contribution in [-0.4, -0.2) is 34.8 Å². The molecule has 122 valence electrons. The molecule has 0 aliphatic carbocycles. The van der Waals surface area contributed by atoms with Crippen LogP contribution < -0.4 is 5.32 Å². The van der Waals surface area contributed by atoms with E-state index >= 15 is 0 Å². The lowest BCUT2D eigenvalue weighted by Gasteiger charge is -2.25.